The van der Waals surface area contributed by atoms with Gasteiger partial charge in [0.15, 0.2) is 0 Å². The van der Waals surface area contributed by atoms with Crippen LogP contribution in [-0.2, 0) is 10.0 Å². The Morgan fingerprint density at radius 1 is 1.23 bits per heavy atom. The van der Waals surface area contributed by atoms with E-state index in [1.54, 1.807) is 4.31 Å². The van der Waals surface area contributed by atoms with Gasteiger partial charge in [0.2, 0.25) is 10.0 Å². The fourth-order valence-electron chi connectivity index (χ4n) is 1.52. The number of sulfonamides is 1. The van der Waals surface area contributed by atoms with Crippen molar-refractivity contribution in [2.75, 3.05) is 25.4 Å². The van der Waals surface area contributed by atoms with E-state index < -0.39 is 10.0 Å². The zero-order valence-corrected chi connectivity index (χ0v) is 8.59. The lowest BCUT2D eigenvalue weighted by Gasteiger charge is -2.13. The van der Waals surface area contributed by atoms with E-state index >= 15 is 0 Å². The number of unbranched alkanes of at least 4 members (excludes halogenated alkanes) is 2. The third-order valence-electron chi connectivity index (χ3n) is 2.27. The van der Waals surface area contributed by atoms with Gasteiger partial charge in [-0.2, -0.15) is 0 Å². The average molecular weight is 207 g/mol. The molecule has 0 amide bonds. The van der Waals surface area contributed by atoms with E-state index in [1.165, 1.54) is 0 Å². The van der Waals surface area contributed by atoms with E-state index in [9.17, 15) is 8.42 Å². The smallest absolute Gasteiger partial charge is 0.214 e. The molecule has 78 valence electrons. The summed E-state index contributed by atoms with van der Waals surface area (Å²) in [6.45, 7) is 1.51. The molecule has 0 aromatic carbocycles. The van der Waals surface area contributed by atoms with Crippen LogP contribution in [0.2, 0.25) is 0 Å². The molecule has 13 heavy (non-hydrogen) atoms. The summed E-state index contributed by atoms with van der Waals surface area (Å²) in [4.78, 5) is 0. The van der Waals surface area contributed by atoms with Crippen molar-refractivity contribution in [2.45, 2.75) is 25.7 Å². The van der Waals surface area contributed by atoms with Gasteiger partial charge in [0.1, 0.15) is 0 Å². The molecule has 1 heterocycles. The molecule has 1 rings (SSSR count). The highest BCUT2D eigenvalue weighted by molar-refractivity contribution is 7.89. The summed E-state index contributed by atoms with van der Waals surface area (Å²) < 4.78 is 24.2. The monoisotopic (exact) mass is 207 g/mol. The Hall–Kier alpha value is -0.130. The lowest BCUT2D eigenvalue weighted by atomic mass is 10.2. The van der Waals surface area contributed by atoms with Gasteiger partial charge in [-0.05, 0) is 25.7 Å². The number of hydrogen-bond donors (Lipinski definition) is 1. The first-order valence-corrected chi connectivity index (χ1v) is 6.36. The molecule has 1 aliphatic heterocycles. The van der Waals surface area contributed by atoms with Gasteiger partial charge in [0.25, 0.3) is 0 Å². The summed E-state index contributed by atoms with van der Waals surface area (Å²) in [5, 5.41) is 8.53. The highest BCUT2D eigenvalue weighted by Gasteiger charge is 2.26. The van der Waals surface area contributed by atoms with Crippen LogP contribution >= 0.6 is 0 Å². The van der Waals surface area contributed by atoms with E-state index in [0.29, 0.717) is 18.8 Å². The zero-order chi connectivity index (χ0) is 9.73. The maximum atomic E-state index is 11.3. The molecule has 0 spiro atoms. The van der Waals surface area contributed by atoms with Gasteiger partial charge in [-0.1, -0.05) is 0 Å². The number of hydrogen-bond acceptors (Lipinski definition) is 3. The maximum Gasteiger partial charge on any atom is 0.214 e. The highest BCUT2D eigenvalue weighted by Crippen LogP contribution is 2.14. The van der Waals surface area contributed by atoms with Crippen LogP contribution in [0.5, 0.6) is 0 Å². The molecule has 1 fully saturated rings. The molecule has 5 heteroatoms. The number of nitrogens with zero attached hydrogens (tertiary/aromatic N) is 1. The fraction of sp³-hybridized carbons (Fsp3) is 1.00. The first-order chi connectivity index (χ1) is 6.17. The number of aliphatic hydroxyl groups excluding tert-OH is 1. The Balaban J connectivity index is 2.22. The molecule has 0 atom stereocenters. The first kappa shape index (κ1) is 10.9. The minimum absolute atomic E-state index is 0.201. The average Bonchev–Trinajstić information content (AvgIpc) is 2.40. The molecular weight excluding hydrogens is 190 g/mol. The van der Waals surface area contributed by atoms with Crippen LogP contribution in [0.15, 0.2) is 0 Å². The van der Waals surface area contributed by atoms with Crippen LogP contribution in [0, 0.1) is 0 Å². The van der Waals surface area contributed by atoms with Gasteiger partial charge in [-0.3, -0.25) is 0 Å². The van der Waals surface area contributed by atoms with Crippen LogP contribution < -0.4 is 0 Å². The van der Waals surface area contributed by atoms with Crippen molar-refractivity contribution >= 4 is 10.0 Å². The van der Waals surface area contributed by atoms with Crippen molar-refractivity contribution in [1.82, 2.24) is 4.31 Å². The molecule has 0 aromatic heterocycles. The molecule has 0 saturated carbocycles. The molecule has 0 unspecified atom stereocenters. The molecule has 1 aliphatic rings. The predicted molar refractivity (Wildman–Crippen MR) is 50.9 cm³/mol. The zero-order valence-electron chi connectivity index (χ0n) is 7.78. The molecule has 0 bridgehead atoms. The van der Waals surface area contributed by atoms with E-state index in [1.807, 2.05) is 0 Å². The summed E-state index contributed by atoms with van der Waals surface area (Å²) in [6, 6.07) is 0. The van der Waals surface area contributed by atoms with Crippen LogP contribution in [0.25, 0.3) is 0 Å². The van der Waals surface area contributed by atoms with E-state index in [-0.39, 0.29) is 6.61 Å². The minimum atomic E-state index is -2.90. The van der Waals surface area contributed by atoms with Crippen molar-refractivity contribution in [3.05, 3.63) is 0 Å². The molecule has 0 radical (unpaired) electrons. The predicted octanol–water partition coefficient (Wildman–Crippen LogP) is 0.184. The first-order valence-electron chi connectivity index (χ1n) is 4.75. The standard InChI is InChI=1S/C8H17NO3S/c10-7-3-1-2-5-9-6-4-8-13(9,11)12/h10H,1-8H2. The number of aliphatic hydroxyl groups is 1. The lowest BCUT2D eigenvalue weighted by molar-refractivity contribution is 0.280. The normalized spacial score (nSPS) is 22.2. The molecule has 0 aromatic rings. The van der Waals surface area contributed by atoms with Gasteiger partial charge in [0, 0.05) is 19.7 Å². The van der Waals surface area contributed by atoms with Gasteiger partial charge in [-0.25, -0.2) is 12.7 Å². The maximum absolute atomic E-state index is 11.3. The minimum Gasteiger partial charge on any atom is -0.396 e. The highest BCUT2D eigenvalue weighted by atomic mass is 32.2. The van der Waals surface area contributed by atoms with Crippen LogP contribution in [-0.4, -0.2) is 43.3 Å². The van der Waals surface area contributed by atoms with Crippen molar-refractivity contribution in [1.29, 1.82) is 0 Å². The Kier molecular flexibility index (Phi) is 4.15. The van der Waals surface area contributed by atoms with Crippen LogP contribution in [0.1, 0.15) is 25.7 Å². The van der Waals surface area contributed by atoms with E-state index in [2.05, 4.69) is 0 Å². The Labute approximate surface area is 79.6 Å². The summed E-state index contributed by atoms with van der Waals surface area (Å²) >= 11 is 0. The summed E-state index contributed by atoms with van der Waals surface area (Å²) in [5.74, 6) is 0.312. The third kappa shape index (κ3) is 3.25. The second-order valence-corrected chi connectivity index (χ2v) is 5.44. The van der Waals surface area contributed by atoms with E-state index in [4.69, 9.17) is 5.11 Å². The summed E-state index contributed by atoms with van der Waals surface area (Å²) in [7, 11) is -2.90. The molecular formula is C8H17NO3S. The van der Waals surface area contributed by atoms with Gasteiger partial charge < -0.3 is 5.11 Å². The van der Waals surface area contributed by atoms with Gasteiger partial charge in [0.05, 0.1) is 5.75 Å². The van der Waals surface area contributed by atoms with Crippen molar-refractivity contribution in [2.24, 2.45) is 0 Å². The molecule has 1 saturated heterocycles. The second-order valence-electron chi connectivity index (χ2n) is 3.35. The van der Waals surface area contributed by atoms with Crippen LogP contribution in [0.4, 0.5) is 0 Å². The molecule has 4 nitrogen and oxygen atoms in total. The summed E-state index contributed by atoms with van der Waals surface area (Å²) in [6.07, 6.45) is 3.30. The largest absolute Gasteiger partial charge is 0.396 e. The van der Waals surface area contributed by atoms with Crippen molar-refractivity contribution in [3.8, 4) is 0 Å². The summed E-state index contributed by atoms with van der Waals surface area (Å²) in [5.41, 5.74) is 0. The van der Waals surface area contributed by atoms with Crippen LogP contribution in [0.3, 0.4) is 0 Å². The SMILES string of the molecule is O=S1(=O)CCCN1CCCCCO. The Morgan fingerprint density at radius 2 is 2.00 bits per heavy atom. The van der Waals surface area contributed by atoms with Gasteiger partial charge in [-0.15, -0.1) is 0 Å². The van der Waals surface area contributed by atoms with Gasteiger partial charge >= 0.3 is 0 Å². The Morgan fingerprint density at radius 3 is 2.54 bits per heavy atom. The molecule has 0 aliphatic carbocycles. The van der Waals surface area contributed by atoms with Crippen molar-refractivity contribution in [3.63, 3.8) is 0 Å². The lowest BCUT2D eigenvalue weighted by Crippen LogP contribution is -2.26. The quantitative estimate of drug-likeness (QED) is 0.654. The van der Waals surface area contributed by atoms with E-state index in [0.717, 1.165) is 25.7 Å². The topological polar surface area (TPSA) is 57.6 Å². The second kappa shape index (κ2) is 4.93. The Bertz CT molecular complexity index is 238. The van der Waals surface area contributed by atoms with Crippen molar-refractivity contribution < 1.29 is 13.5 Å². The fourth-order valence-corrected chi connectivity index (χ4v) is 3.09. The number of rotatable bonds is 5. The molecule has 1 N–H and O–H groups in total. The third-order valence-corrected chi connectivity index (χ3v) is 4.23.